The van der Waals surface area contributed by atoms with E-state index in [1.165, 1.54) is 68.9 Å². The highest BCUT2D eigenvalue weighted by molar-refractivity contribution is 7.26. The Hall–Kier alpha value is -4.34. The average Bonchev–Trinajstić information content (AvgIpc) is 3.59. The van der Waals surface area contributed by atoms with Gasteiger partial charge in [-0.25, -0.2) is 0 Å². The molecule has 0 aliphatic heterocycles. The second-order valence-corrected chi connectivity index (χ2v) is 10.4. The summed E-state index contributed by atoms with van der Waals surface area (Å²) >= 11 is 1.90. The van der Waals surface area contributed by atoms with Gasteiger partial charge in [-0.15, -0.1) is 11.3 Å². The highest BCUT2D eigenvalue weighted by Gasteiger charge is 2.20. The largest absolute Gasteiger partial charge is 0.456 e. The fourth-order valence-electron chi connectivity index (χ4n) is 6.12. The second kappa shape index (κ2) is 6.21. The Balaban J connectivity index is 1.69. The van der Waals surface area contributed by atoms with Gasteiger partial charge in [0.1, 0.15) is 11.2 Å². The summed E-state index contributed by atoms with van der Waals surface area (Å²) in [5.74, 6) is 0. The van der Waals surface area contributed by atoms with Crippen molar-refractivity contribution in [1.82, 2.24) is 4.40 Å². The molecule has 0 N–H and O–H groups in total. The number of para-hydroxylation sites is 1. The van der Waals surface area contributed by atoms with Crippen molar-refractivity contribution < 1.29 is 4.42 Å². The molecule has 0 saturated heterocycles. The summed E-state index contributed by atoms with van der Waals surface area (Å²) < 4.78 is 11.4. The molecule has 3 heteroatoms. The molecule has 2 nitrogen and oxygen atoms in total. The van der Waals surface area contributed by atoms with E-state index in [0.29, 0.717) is 0 Å². The number of furan rings is 1. The zero-order chi connectivity index (χ0) is 22.7. The molecule has 0 amide bonds. The third-order valence-electron chi connectivity index (χ3n) is 7.56. The van der Waals surface area contributed by atoms with Crippen molar-refractivity contribution in [2.75, 3.05) is 0 Å². The van der Waals surface area contributed by atoms with Crippen molar-refractivity contribution in [3.05, 3.63) is 103 Å². The highest BCUT2D eigenvalue weighted by Crippen LogP contribution is 2.46. The molecular formula is C32H17NOS. The lowest BCUT2D eigenvalue weighted by Gasteiger charge is -2.12. The van der Waals surface area contributed by atoms with Crippen LogP contribution in [-0.4, -0.2) is 4.40 Å². The van der Waals surface area contributed by atoms with Crippen molar-refractivity contribution in [2.45, 2.75) is 0 Å². The minimum Gasteiger partial charge on any atom is -0.456 e. The maximum absolute atomic E-state index is 6.31. The fourth-order valence-corrected chi connectivity index (χ4v) is 7.37. The Morgan fingerprint density at radius 1 is 0.543 bits per heavy atom. The van der Waals surface area contributed by atoms with Crippen LogP contribution in [0.1, 0.15) is 0 Å². The topological polar surface area (TPSA) is 17.6 Å². The van der Waals surface area contributed by atoms with Gasteiger partial charge >= 0.3 is 0 Å². The van der Waals surface area contributed by atoms with E-state index in [0.717, 1.165) is 11.2 Å². The van der Waals surface area contributed by atoms with Crippen molar-refractivity contribution in [2.24, 2.45) is 0 Å². The van der Waals surface area contributed by atoms with Crippen molar-refractivity contribution >= 4 is 91.4 Å². The second-order valence-electron chi connectivity index (χ2n) is 9.33. The summed E-state index contributed by atoms with van der Waals surface area (Å²) in [7, 11) is 0. The fraction of sp³-hybridized carbons (Fsp3) is 0. The number of benzene rings is 5. The quantitative estimate of drug-likeness (QED) is 0.205. The zero-order valence-corrected chi connectivity index (χ0v) is 19.4. The molecule has 9 aromatic rings. The molecule has 4 aromatic heterocycles. The number of hydrogen-bond acceptors (Lipinski definition) is 2. The first-order valence-electron chi connectivity index (χ1n) is 11.9. The highest BCUT2D eigenvalue weighted by atomic mass is 32.1. The van der Waals surface area contributed by atoms with E-state index in [-0.39, 0.29) is 0 Å². The van der Waals surface area contributed by atoms with Gasteiger partial charge in [-0.1, -0.05) is 72.8 Å². The number of fused-ring (bicyclic) bond motifs is 16. The lowest BCUT2D eigenvalue weighted by Crippen LogP contribution is -1.90. The standard InChI is InChI=1S/C32H17NOS/c1-2-8-19-18(7-1)17-33-24-15-16-26-29(22-10-3-5-11-25(22)34-26)28(24)23-14-13-21-20-9-4-6-12-27(20)35-32(21)30(23)31(19)33/h1-17H. The molecule has 0 atom stereocenters. The predicted molar refractivity (Wildman–Crippen MR) is 150 cm³/mol. The molecule has 5 aromatic carbocycles. The summed E-state index contributed by atoms with van der Waals surface area (Å²) in [6, 6.07) is 34.9. The average molecular weight is 464 g/mol. The third kappa shape index (κ3) is 2.15. The van der Waals surface area contributed by atoms with Crippen LogP contribution < -0.4 is 0 Å². The number of aromatic nitrogens is 1. The lowest BCUT2D eigenvalue weighted by molar-refractivity contribution is 0.669. The molecule has 0 aliphatic rings. The number of nitrogens with zero attached hydrogens (tertiary/aromatic N) is 1. The maximum Gasteiger partial charge on any atom is 0.136 e. The van der Waals surface area contributed by atoms with E-state index in [1.807, 2.05) is 17.4 Å². The van der Waals surface area contributed by atoms with Crippen molar-refractivity contribution in [1.29, 1.82) is 0 Å². The summed E-state index contributed by atoms with van der Waals surface area (Å²) in [6.07, 6.45) is 2.30. The van der Waals surface area contributed by atoms with Crippen LogP contribution in [0.15, 0.2) is 108 Å². The van der Waals surface area contributed by atoms with Crippen molar-refractivity contribution in [3.8, 4) is 0 Å². The molecule has 35 heavy (non-hydrogen) atoms. The lowest BCUT2D eigenvalue weighted by atomic mass is 9.98. The number of rotatable bonds is 0. The van der Waals surface area contributed by atoms with Crippen LogP contribution in [0.2, 0.25) is 0 Å². The van der Waals surface area contributed by atoms with Crippen LogP contribution in [0.3, 0.4) is 0 Å². The molecule has 4 heterocycles. The van der Waals surface area contributed by atoms with E-state index in [1.54, 1.807) is 0 Å². The Morgan fingerprint density at radius 2 is 1.31 bits per heavy atom. The van der Waals surface area contributed by atoms with Gasteiger partial charge in [-0.3, -0.25) is 0 Å². The van der Waals surface area contributed by atoms with Gasteiger partial charge in [0.2, 0.25) is 0 Å². The molecule has 0 aliphatic carbocycles. The minimum atomic E-state index is 0.934. The van der Waals surface area contributed by atoms with Gasteiger partial charge in [-0.2, -0.15) is 0 Å². The first kappa shape index (κ1) is 18.0. The van der Waals surface area contributed by atoms with Crippen LogP contribution in [-0.2, 0) is 0 Å². The minimum absolute atomic E-state index is 0.934. The zero-order valence-electron chi connectivity index (χ0n) is 18.6. The van der Waals surface area contributed by atoms with Crippen LogP contribution >= 0.6 is 11.3 Å². The smallest absolute Gasteiger partial charge is 0.136 e. The summed E-state index contributed by atoms with van der Waals surface area (Å²) in [5, 5.41) is 11.4. The maximum atomic E-state index is 6.31. The first-order valence-corrected chi connectivity index (χ1v) is 12.7. The first-order chi connectivity index (χ1) is 17.4. The summed E-state index contributed by atoms with van der Waals surface area (Å²) in [5.41, 5.74) is 4.37. The molecule has 0 fully saturated rings. The molecular weight excluding hydrogens is 446 g/mol. The number of pyridine rings is 1. The van der Waals surface area contributed by atoms with Gasteiger partial charge in [0.25, 0.3) is 0 Å². The number of thiophene rings is 1. The van der Waals surface area contributed by atoms with E-state index in [9.17, 15) is 0 Å². The molecule has 0 saturated carbocycles. The Bertz CT molecular complexity index is 2330. The van der Waals surface area contributed by atoms with E-state index >= 15 is 0 Å². The van der Waals surface area contributed by atoms with Gasteiger partial charge in [0.15, 0.2) is 0 Å². The summed E-state index contributed by atoms with van der Waals surface area (Å²) in [4.78, 5) is 0. The third-order valence-corrected chi connectivity index (χ3v) is 8.76. The van der Waals surface area contributed by atoms with Gasteiger partial charge in [-0.05, 0) is 29.7 Å². The Labute approximate surface area is 203 Å². The van der Waals surface area contributed by atoms with Crippen LogP contribution in [0.5, 0.6) is 0 Å². The molecule has 162 valence electrons. The normalized spacial score (nSPS) is 12.6. The van der Waals surface area contributed by atoms with E-state index in [4.69, 9.17) is 4.42 Å². The van der Waals surface area contributed by atoms with E-state index < -0.39 is 0 Å². The SMILES string of the molecule is c1ccc2c(c1)cn1c3ccc4oc5ccccc5c4c3c3ccc4c5ccccc5sc4c3c21. The van der Waals surface area contributed by atoms with Crippen molar-refractivity contribution in [3.63, 3.8) is 0 Å². The predicted octanol–water partition coefficient (Wildman–Crippen LogP) is 9.67. The number of hydrogen-bond donors (Lipinski definition) is 0. The Morgan fingerprint density at radius 3 is 2.26 bits per heavy atom. The molecule has 0 bridgehead atoms. The summed E-state index contributed by atoms with van der Waals surface area (Å²) in [6.45, 7) is 0. The van der Waals surface area contributed by atoms with Gasteiger partial charge in [0, 0.05) is 58.7 Å². The van der Waals surface area contributed by atoms with Crippen LogP contribution in [0.25, 0.3) is 80.1 Å². The van der Waals surface area contributed by atoms with Crippen LogP contribution in [0, 0.1) is 0 Å². The molecule has 0 spiro atoms. The Kier molecular flexibility index (Phi) is 3.20. The van der Waals surface area contributed by atoms with Gasteiger partial charge in [0.05, 0.1) is 11.0 Å². The molecule has 9 rings (SSSR count). The monoisotopic (exact) mass is 463 g/mol. The molecule has 0 unspecified atom stereocenters. The van der Waals surface area contributed by atoms with Gasteiger partial charge < -0.3 is 8.82 Å². The van der Waals surface area contributed by atoms with E-state index in [2.05, 4.69) is 102 Å². The molecule has 0 radical (unpaired) electrons. The van der Waals surface area contributed by atoms with Crippen LogP contribution in [0.4, 0.5) is 0 Å².